The minimum Gasteiger partial charge on any atom is -0.480 e. The van der Waals surface area contributed by atoms with Crippen molar-refractivity contribution >= 4 is 11.9 Å². The SMILES string of the molecule is CC1=C2[C@@H]3OC(=O)C(CN4CCCC4C(=O)O)C3(O)CC[C@@]2(C)CCC1. The van der Waals surface area contributed by atoms with Crippen LogP contribution in [0, 0.1) is 11.3 Å². The normalized spacial score (nSPS) is 43.2. The van der Waals surface area contributed by atoms with Crippen molar-refractivity contribution in [3.63, 3.8) is 0 Å². The molecule has 0 aromatic carbocycles. The van der Waals surface area contributed by atoms with Crippen molar-refractivity contribution in [1.29, 1.82) is 0 Å². The van der Waals surface area contributed by atoms with E-state index in [-0.39, 0.29) is 17.9 Å². The average molecular weight is 363 g/mol. The van der Waals surface area contributed by atoms with Gasteiger partial charge in [-0.1, -0.05) is 12.5 Å². The van der Waals surface area contributed by atoms with E-state index in [0.717, 1.165) is 37.7 Å². The second-order valence-electron chi connectivity index (χ2n) is 8.96. The highest BCUT2D eigenvalue weighted by Crippen LogP contribution is 2.57. The fourth-order valence-electron chi connectivity index (χ4n) is 5.90. The number of esters is 1. The number of hydrogen-bond donors (Lipinski definition) is 2. The van der Waals surface area contributed by atoms with Gasteiger partial charge in [-0.3, -0.25) is 14.5 Å². The van der Waals surface area contributed by atoms with Crippen LogP contribution in [0.5, 0.6) is 0 Å². The van der Waals surface area contributed by atoms with Gasteiger partial charge in [-0.05, 0) is 69.4 Å². The Hall–Kier alpha value is -1.40. The lowest BCUT2D eigenvalue weighted by molar-refractivity contribution is -0.146. The standard InChI is InChI=1S/C20H29NO5/c1-12-5-3-7-19(2)8-9-20(25)13(18(24)26-16(20)15(12)19)11-21-10-4-6-14(21)17(22)23/h13-14,16,25H,3-11H2,1-2H3,(H,22,23)/t13?,14?,16-,19+,20?/m0/s1. The summed E-state index contributed by atoms with van der Waals surface area (Å²) in [7, 11) is 0. The van der Waals surface area contributed by atoms with E-state index in [2.05, 4.69) is 13.8 Å². The summed E-state index contributed by atoms with van der Waals surface area (Å²) in [6, 6.07) is -0.560. The Kier molecular flexibility index (Phi) is 4.19. The highest BCUT2D eigenvalue weighted by Gasteiger charge is 2.63. The molecule has 4 rings (SSSR count). The minimum absolute atomic E-state index is 0.00560. The van der Waals surface area contributed by atoms with Crippen molar-refractivity contribution in [2.24, 2.45) is 11.3 Å². The molecular formula is C20H29NO5. The van der Waals surface area contributed by atoms with Gasteiger partial charge in [-0.25, -0.2) is 0 Å². The molecule has 26 heavy (non-hydrogen) atoms. The number of carbonyl (C=O) groups excluding carboxylic acids is 1. The number of ether oxygens (including phenoxy) is 1. The Labute approximate surface area is 154 Å². The molecule has 2 aliphatic heterocycles. The maximum atomic E-state index is 12.7. The molecule has 0 aromatic heterocycles. The van der Waals surface area contributed by atoms with Crippen molar-refractivity contribution in [2.75, 3.05) is 13.1 Å². The zero-order chi connectivity index (χ0) is 18.7. The molecule has 4 aliphatic rings. The highest BCUT2D eigenvalue weighted by molar-refractivity contribution is 5.79. The second kappa shape index (κ2) is 6.06. The number of hydrogen-bond acceptors (Lipinski definition) is 5. The first-order chi connectivity index (χ1) is 12.3. The van der Waals surface area contributed by atoms with Gasteiger partial charge in [0.15, 0.2) is 6.10 Å². The number of nitrogens with zero attached hydrogens (tertiary/aromatic N) is 1. The van der Waals surface area contributed by atoms with E-state index < -0.39 is 29.6 Å². The van der Waals surface area contributed by atoms with E-state index in [4.69, 9.17) is 4.74 Å². The summed E-state index contributed by atoms with van der Waals surface area (Å²) >= 11 is 0. The monoisotopic (exact) mass is 363 g/mol. The van der Waals surface area contributed by atoms with E-state index in [1.165, 1.54) is 5.57 Å². The van der Waals surface area contributed by atoms with Gasteiger partial charge in [0.2, 0.25) is 0 Å². The molecular weight excluding hydrogens is 334 g/mol. The number of aliphatic hydroxyl groups is 1. The molecule has 0 bridgehead atoms. The molecule has 2 saturated heterocycles. The van der Waals surface area contributed by atoms with E-state index in [1.807, 2.05) is 4.90 Å². The summed E-state index contributed by atoms with van der Waals surface area (Å²) in [6.45, 7) is 5.25. The summed E-state index contributed by atoms with van der Waals surface area (Å²) in [6.07, 6.45) is 5.43. The number of carbonyl (C=O) groups is 2. The topological polar surface area (TPSA) is 87.1 Å². The van der Waals surface area contributed by atoms with Crippen LogP contribution in [0.25, 0.3) is 0 Å². The maximum Gasteiger partial charge on any atom is 0.320 e. The van der Waals surface area contributed by atoms with Crippen LogP contribution in [0.3, 0.4) is 0 Å². The lowest BCUT2D eigenvalue weighted by Gasteiger charge is -2.49. The van der Waals surface area contributed by atoms with Crippen LogP contribution in [0.1, 0.15) is 58.8 Å². The zero-order valence-corrected chi connectivity index (χ0v) is 15.7. The molecule has 6 nitrogen and oxygen atoms in total. The van der Waals surface area contributed by atoms with Gasteiger partial charge in [0.1, 0.15) is 17.6 Å². The van der Waals surface area contributed by atoms with Gasteiger partial charge < -0.3 is 14.9 Å². The molecule has 1 saturated carbocycles. The van der Waals surface area contributed by atoms with Crippen molar-refractivity contribution in [3.8, 4) is 0 Å². The third-order valence-corrected chi connectivity index (χ3v) is 7.37. The fourth-order valence-corrected chi connectivity index (χ4v) is 5.90. The second-order valence-corrected chi connectivity index (χ2v) is 8.96. The molecule has 6 heteroatoms. The quantitative estimate of drug-likeness (QED) is 0.590. The Morgan fingerprint density at radius 3 is 2.81 bits per heavy atom. The predicted molar refractivity (Wildman–Crippen MR) is 94.4 cm³/mol. The number of aliphatic carboxylic acids is 1. The van der Waals surface area contributed by atoms with Gasteiger partial charge >= 0.3 is 11.9 Å². The summed E-state index contributed by atoms with van der Waals surface area (Å²) in [4.78, 5) is 26.0. The molecule has 3 unspecified atom stereocenters. The molecule has 0 radical (unpaired) electrons. The van der Waals surface area contributed by atoms with Crippen LogP contribution < -0.4 is 0 Å². The van der Waals surface area contributed by atoms with E-state index in [0.29, 0.717) is 19.4 Å². The zero-order valence-electron chi connectivity index (χ0n) is 15.7. The molecule has 5 atom stereocenters. The number of likely N-dealkylation sites (tertiary alicyclic amines) is 1. The molecule has 2 heterocycles. The van der Waals surface area contributed by atoms with Gasteiger partial charge in [0, 0.05) is 6.54 Å². The number of fused-ring (bicyclic) bond motifs is 3. The summed E-state index contributed by atoms with van der Waals surface area (Å²) in [5.41, 5.74) is 1.17. The molecule has 2 N–H and O–H groups in total. The van der Waals surface area contributed by atoms with E-state index >= 15 is 0 Å². The molecule has 3 fully saturated rings. The van der Waals surface area contributed by atoms with Crippen molar-refractivity contribution in [1.82, 2.24) is 4.90 Å². The smallest absolute Gasteiger partial charge is 0.320 e. The van der Waals surface area contributed by atoms with Crippen molar-refractivity contribution < 1.29 is 24.5 Å². The first-order valence-electron chi connectivity index (χ1n) is 9.86. The highest BCUT2D eigenvalue weighted by atomic mass is 16.6. The average Bonchev–Trinajstić information content (AvgIpc) is 3.13. The predicted octanol–water partition coefficient (Wildman–Crippen LogP) is 2.11. The first-order valence-corrected chi connectivity index (χ1v) is 9.86. The van der Waals surface area contributed by atoms with Crippen LogP contribution >= 0.6 is 0 Å². The summed E-state index contributed by atoms with van der Waals surface area (Å²) in [5, 5.41) is 21.0. The third kappa shape index (κ3) is 2.53. The Balaban J connectivity index is 1.63. The number of carboxylic acids is 1. The van der Waals surface area contributed by atoms with Gasteiger partial charge in [-0.15, -0.1) is 0 Å². The summed E-state index contributed by atoms with van der Waals surface area (Å²) < 4.78 is 5.77. The van der Waals surface area contributed by atoms with Crippen LogP contribution in [-0.4, -0.2) is 57.9 Å². The van der Waals surface area contributed by atoms with E-state index in [1.54, 1.807) is 0 Å². The van der Waals surface area contributed by atoms with Crippen LogP contribution in [0.4, 0.5) is 0 Å². The first kappa shape index (κ1) is 18.0. The number of carboxylic acid groups (broad SMARTS) is 1. The number of allylic oxidation sites excluding steroid dienone is 1. The molecule has 0 aromatic rings. The lowest BCUT2D eigenvalue weighted by Crippen LogP contribution is -2.55. The Morgan fingerprint density at radius 1 is 1.31 bits per heavy atom. The van der Waals surface area contributed by atoms with Crippen molar-refractivity contribution in [2.45, 2.75) is 76.5 Å². The lowest BCUT2D eigenvalue weighted by atomic mass is 9.58. The van der Waals surface area contributed by atoms with Gasteiger partial charge in [0.25, 0.3) is 0 Å². The van der Waals surface area contributed by atoms with Gasteiger partial charge in [0.05, 0.1) is 0 Å². The van der Waals surface area contributed by atoms with Crippen LogP contribution in [-0.2, 0) is 14.3 Å². The minimum atomic E-state index is -1.21. The molecule has 0 amide bonds. The van der Waals surface area contributed by atoms with E-state index in [9.17, 15) is 19.8 Å². The largest absolute Gasteiger partial charge is 0.480 e. The Bertz CT molecular complexity index is 673. The van der Waals surface area contributed by atoms with Gasteiger partial charge in [-0.2, -0.15) is 0 Å². The molecule has 2 aliphatic carbocycles. The fraction of sp³-hybridized carbons (Fsp3) is 0.800. The number of rotatable bonds is 3. The van der Waals surface area contributed by atoms with Crippen LogP contribution in [0.2, 0.25) is 0 Å². The van der Waals surface area contributed by atoms with Crippen LogP contribution in [0.15, 0.2) is 11.1 Å². The molecule has 144 valence electrons. The summed E-state index contributed by atoms with van der Waals surface area (Å²) in [5.74, 6) is -1.89. The third-order valence-electron chi connectivity index (χ3n) is 7.37. The van der Waals surface area contributed by atoms with Crippen molar-refractivity contribution in [3.05, 3.63) is 11.1 Å². The Morgan fingerprint density at radius 2 is 2.08 bits per heavy atom. The molecule has 0 spiro atoms. The maximum absolute atomic E-state index is 12.7.